The summed E-state index contributed by atoms with van der Waals surface area (Å²) in [5.74, 6) is -0.470. The monoisotopic (exact) mass is 202 g/mol. The Morgan fingerprint density at radius 3 is 2.86 bits per heavy atom. The molecule has 1 aliphatic carbocycles. The van der Waals surface area contributed by atoms with Crippen LogP contribution in [0, 0.1) is 0 Å². The number of amides is 1. The minimum atomic E-state index is -0.470. The van der Waals surface area contributed by atoms with Gasteiger partial charge in [0.1, 0.15) is 6.61 Å². The van der Waals surface area contributed by atoms with E-state index < -0.39 is 5.91 Å². The van der Waals surface area contributed by atoms with E-state index in [1.807, 2.05) is 0 Å². The highest BCUT2D eigenvalue weighted by atomic mass is 16.6. The van der Waals surface area contributed by atoms with Crippen LogP contribution >= 0.6 is 0 Å². The minimum Gasteiger partial charge on any atom is -0.380 e. The molecule has 0 spiro atoms. The van der Waals surface area contributed by atoms with E-state index in [0.717, 1.165) is 19.3 Å². The van der Waals surface area contributed by atoms with E-state index in [9.17, 15) is 4.79 Å². The second kappa shape index (κ2) is 5.95. The molecular formula is C9H18N2O3. The summed E-state index contributed by atoms with van der Waals surface area (Å²) in [4.78, 5) is 15.4. The Labute approximate surface area is 83.9 Å². The quantitative estimate of drug-likeness (QED) is 0.613. The van der Waals surface area contributed by atoms with Crippen LogP contribution in [0.5, 0.6) is 0 Å². The molecule has 0 radical (unpaired) electrons. The van der Waals surface area contributed by atoms with Gasteiger partial charge in [0.15, 0.2) is 0 Å². The number of rotatable bonds is 5. The number of hydrogen-bond donors (Lipinski definition) is 2. The van der Waals surface area contributed by atoms with Crippen LogP contribution in [0.2, 0.25) is 0 Å². The largest absolute Gasteiger partial charge is 0.380 e. The molecule has 0 saturated heterocycles. The first kappa shape index (κ1) is 11.4. The molecule has 3 N–H and O–H groups in total. The Morgan fingerprint density at radius 1 is 1.50 bits per heavy atom. The molecule has 1 rings (SSSR count). The second-order valence-corrected chi connectivity index (χ2v) is 3.54. The lowest BCUT2D eigenvalue weighted by Crippen LogP contribution is -2.44. The van der Waals surface area contributed by atoms with Gasteiger partial charge >= 0.3 is 0 Å². The number of nitrogens with two attached hydrogens (primary N) is 1. The van der Waals surface area contributed by atoms with Gasteiger partial charge in [0, 0.05) is 7.11 Å². The average molecular weight is 202 g/mol. The molecule has 5 heteroatoms. The number of hydroxylamine groups is 1. The van der Waals surface area contributed by atoms with Gasteiger partial charge in [-0.1, -0.05) is 12.8 Å². The third kappa shape index (κ3) is 3.61. The summed E-state index contributed by atoms with van der Waals surface area (Å²) >= 11 is 0. The van der Waals surface area contributed by atoms with Gasteiger partial charge in [-0.3, -0.25) is 9.63 Å². The van der Waals surface area contributed by atoms with E-state index in [1.54, 1.807) is 7.11 Å². The molecule has 0 aromatic heterocycles. The van der Waals surface area contributed by atoms with Gasteiger partial charge in [-0.05, 0) is 12.8 Å². The van der Waals surface area contributed by atoms with Gasteiger partial charge in [-0.15, -0.1) is 0 Å². The zero-order chi connectivity index (χ0) is 10.4. The summed E-state index contributed by atoms with van der Waals surface area (Å²) in [5.41, 5.74) is 7.77. The molecule has 1 aliphatic rings. The summed E-state index contributed by atoms with van der Waals surface area (Å²) in [5, 5.41) is 0. The number of carbonyl (C=O) groups excluding carboxylic acids is 1. The highest BCUT2D eigenvalue weighted by Gasteiger charge is 2.24. The van der Waals surface area contributed by atoms with Crippen molar-refractivity contribution >= 4 is 5.91 Å². The molecule has 14 heavy (non-hydrogen) atoms. The summed E-state index contributed by atoms with van der Waals surface area (Å²) < 4.78 is 5.30. The molecule has 1 fully saturated rings. The first-order valence-corrected chi connectivity index (χ1v) is 4.92. The Hall–Kier alpha value is -0.650. The Balaban J connectivity index is 2.22. The Kier molecular flexibility index (Phi) is 4.86. The normalized spacial score (nSPS) is 27.5. The number of ether oxygens (including phenoxy) is 1. The molecule has 0 bridgehead atoms. The van der Waals surface area contributed by atoms with Crippen molar-refractivity contribution in [2.45, 2.75) is 37.8 Å². The SMILES string of the molecule is COC1CCCCC1NOCC(N)=O. The van der Waals surface area contributed by atoms with Crippen LogP contribution in [0.1, 0.15) is 25.7 Å². The summed E-state index contributed by atoms with van der Waals surface area (Å²) in [7, 11) is 1.69. The highest BCUT2D eigenvalue weighted by molar-refractivity contribution is 5.74. The van der Waals surface area contributed by atoms with E-state index >= 15 is 0 Å². The van der Waals surface area contributed by atoms with Gasteiger partial charge in [-0.25, -0.2) is 0 Å². The van der Waals surface area contributed by atoms with Crippen molar-refractivity contribution < 1.29 is 14.4 Å². The second-order valence-electron chi connectivity index (χ2n) is 3.54. The van der Waals surface area contributed by atoms with Crippen molar-refractivity contribution in [2.24, 2.45) is 5.73 Å². The van der Waals surface area contributed by atoms with Crippen molar-refractivity contribution in [3.63, 3.8) is 0 Å². The van der Waals surface area contributed by atoms with Crippen LogP contribution in [-0.4, -0.2) is 31.8 Å². The molecule has 2 atom stereocenters. The Morgan fingerprint density at radius 2 is 2.21 bits per heavy atom. The first-order chi connectivity index (χ1) is 6.74. The van der Waals surface area contributed by atoms with Crippen LogP contribution in [0.15, 0.2) is 0 Å². The van der Waals surface area contributed by atoms with Gasteiger partial charge in [0.25, 0.3) is 0 Å². The standard InChI is InChI=1S/C9H18N2O3/c1-13-8-5-3-2-4-7(8)11-14-6-9(10)12/h7-8,11H,2-6H2,1H3,(H2,10,12). The lowest BCUT2D eigenvalue weighted by atomic mass is 9.93. The number of carbonyl (C=O) groups is 1. The summed E-state index contributed by atoms with van der Waals surface area (Å²) in [6.07, 6.45) is 4.58. The van der Waals surface area contributed by atoms with E-state index in [4.69, 9.17) is 15.3 Å². The van der Waals surface area contributed by atoms with Crippen molar-refractivity contribution in [2.75, 3.05) is 13.7 Å². The number of methoxy groups -OCH3 is 1. The van der Waals surface area contributed by atoms with Crippen LogP contribution in [0.25, 0.3) is 0 Å². The van der Waals surface area contributed by atoms with E-state index in [1.165, 1.54) is 6.42 Å². The van der Waals surface area contributed by atoms with Crippen LogP contribution < -0.4 is 11.2 Å². The number of nitrogens with one attached hydrogen (secondary N) is 1. The fraction of sp³-hybridized carbons (Fsp3) is 0.889. The van der Waals surface area contributed by atoms with Gasteiger partial charge in [-0.2, -0.15) is 5.48 Å². The molecule has 1 saturated carbocycles. The van der Waals surface area contributed by atoms with Crippen molar-refractivity contribution in [3.05, 3.63) is 0 Å². The minimum absolute atomic E-state index is 0.0903. The molecule has 0 aromatic carbocycles. The maximum Gasteiger partial charge on any atom is 0.245 e. The molecule has 1 amide bonds. The van der Waals surface area contributed by atoms with Gasteiger partial charge in [0.2, 0.25) is 5.91 Å². The predicted octanol–water partition coefficient (Wildman–Crippen LogP) is -0.0495. The summed E-state index contributed by atoms with van der Waals surface area (Å²) in [6.45, 7) is -0.0903. The van der Waals surface area contributed by atoms with Crippen molar-refractivity contribution in [3.8, 4) is 0 Å². The maximum atomic E-state index is 10.4. The van der Waals surface area contributed by atoms with Crippen LogP contribution in [-0.2, 0) is 14.4 Å². The van der Waals surface area contributed by atoms with Crippen LogP contribution in [0.4, 0.5) is 0 Å². The molecule has 0 heterocycles. The van der Waals surface area contributed by atoms with Crippen LogP contribution in [0.3, 0.4) is 0 Å². The molecule has 82 valence electrons. The van der Waals surface area contributed by atoms with Gasteiger partial charge < -0.3 is 10.5 Å². The molecule has 5 nitrogen and oxygen atoms in total. The maximum absolute atomic E-state index is 10.4. The van der Waals surface area contributed by atoms with E-state index in [2.05, 4.69) is 5.48 Å². The lowest BCUT2D eigenvalue weighted by molar-refractivity contribution is -0.128. The third-order valence-electron chi connectivity index (χ3n) is 2.45. The molecular weight excluding hydrogens is 184 g/mol. The highest BCUT2D eigenvalue weighted by Crippen LogP contribution is 2.20. The average Bonchev–Trinajstić information content (AvgIpc) is 2.18. The molecule has 0 aromatic rings. The zero-order valence-electron chi connectivity index (χ0n) is 8.49. The zero-order valence-corrected chi connectivity index (χ0v) is 8.49. The predicted molar refractivity (Wildman–Crippen MR) is 51.3 cm³/mol. The topological polar surface area (TPSA) is 73.6 Å². The fourth-order valence-electron chi connectivity index (χ4n) is 1.73. The number of hydrogen-bond acceptors (Lipinski definition) is 4. The molecule has 2 unspecified atom stereocenters. The number of primary amides is 1. The fourth-order valence-corrected chi connectivity index (χ4v) is 1.73. The smallest absolute Gasteiger partial charge is 0.245 e. The summed E-state index contributed by atoms with van der Waals surface area (Å²) in [6, 6.07) is 0.174. The van der Waals surface area contributed by atoms with Gasteiger partial charge in [0.05, 0.1) is 12.1 Å². The first-order valence-electron chi connectivity index (χ1n) is 4.92. The lowest BCUT2D eigenvalue weighted by Gasteiger charge is -2.30. The van der Waals surface area contributed by atoms with Crippen molar-refractivity contribution in [1.29, 1.82) is 0 Å². The third-order valence-corrected chi connectivity index (χ3v) is 2.45. The van der Waals surface area contributed by atoms with E-state index in [-0.39, 0.29) is 18.8 Å². The van der Waals surface area contributed by atoms with E-state index in [0.29, 0.717) is 0 Å². The van der Waals surface area contributed by atoms with Crippen molar-refractivity contribution in [1.82, 2.24) is 5.48 Å². The molecule has 0 aliphatic heterocycles. The Bertz CT molecular complexity index is 187.